The van der Waals surface area contributed by atoms with E-state index >= 15 is 0 Å². The summed E-state index contributed by atoms with van der Waals surface area (Å²) in [5.74, 6) is -0.451. The zero-order valence-corrected chi connectivity index (χ0v) is 9.73. The number of nitrogens with two attached hydrogens (primary N) is 1. The van der Waals surface area contributed by atoms with Gasteiger partial charge in [0.1, 0.15) is 5.75 Å². The molecule has 0 aliphatic rings. The quantitative estimate of drug-likeness (QED) is 0.448. The second-order valence-corrected chi connectivity index (χ2v) is 3.49. The van der Waals surface area contributed by atoms with E-state index in [2.05, 4.69) is 5.32 Å². The van der Waals surface area contributed by atoms with Crippen molar-refractivity contribution in [2.75, 3.05) is 13.1 Å². The minimum atomic E-state index is -0.452. The highest BCUT2D eigenvalue weighted by atomic mass is 16.5. The standard InChI is InChI=1S/C12H16N2O3/c1-9(15)17-11-6-3-2-5-10(11)12(16)14-8-4-7-13/h2-3,5-6H,4,7-8,13H2,1H3,(H,14,16). The van der Waals surface area contributed by atoms with E-state index in [0.29, 0.717) is 25.1 Å². The van der Waals surface area contributed by atoms with E-state index in [1.54, 1.807) is 24.3 Å². The Labute approximate surface area is 99.9 Å². The first-order valence-corrected chi connectivity index (χ1v) is 5.41. The molecule has 0 aliphatic carbocycles. The van der Waals surface area contributed by atoms with Crippen molar-refractivity contribution < 1.29 is 14.3 Å². The molecule has 0 fully saturated rings. The second-order valence-electron chi connectivity index (χ2n) is 3.49. The minimum absolute atomic E-state index is 0.268. The summed E-state index contributed by atoms with van der Waals surface area (Å²) in [5.41, 5.74) is 5.68. The number of amides is 1. The molecule has 1 amide bonds. The third-order valence-corrected chi connectivity index (χ3v) is 2.05. The highest BCUT2D eigenvalue weighted by molar-refractivity contribution is 5.97. The maximum atomic E-state index is 11.8. The molecule has 0 spiro atoms. The largest absolute Gasteiger partial charge is 0.426 e. The molecule has 0 bridgehead atoms. The predicted octanol–water partition coefficient (Wildman–Crippen LogP) is 0.691. The van der Waals surface area contributed by atoms with Crippen molar-refractivity contribution in [3.63, 3.8) is 0 Å². The Hall–Kier alpha value is -1.88. The van der Waals surface area contributed by atoms with Crippen LogP contribution in [0.5, 0.6) is 5.75 Å². The lowest BCUT2D eigenvalue weighted by Crippen LogP contribution is -2.26. The number of hydrogen-bond donors (Lipinski definition) is 2. The van der Waals surface area contributed by atoms with Crippen LogP contribution in [0.1, 0.15) is 23.7 Å². The van der Waals surface area contributed by atoms with Crippen LogP contribution in [0.25, 0.3) is 0 Å². The highest BCUT2D eigenvalue weighted by Gasteiger charge is 2.12. The average molecular weight is 236 g/mol. The Bertz CT molecular complexity index is 404. The molecule has 1 aromatic carbocycles. The summed E-state index contributed by atoms with van der Waals surface area (Å²) in [6, 6.07) is 6.61. The second kappa shape index (κ2) is 6.65. The Morgan fingerprint density at radius 1 is 1.35 bits per heavy atom. The van der Waals surface area contributed by atoms with E-state index in [1.165, 1.54) is 6.92 Å². The number of carbonyl (C=O) groups excluding carboxylic acids is 2. The van der Waals surface area contributed by atoms with Gasteiger partial charge in [-0.3, -0.25) is 9.59 Å². The van der Waals surface area contributed by atoms with Crippen LogP contribution in [0.3, 0.4) is 0 Å². The van der Waals surface area contributed by atoms with E-state index in [1.807, 2.05) is 0 Å². The van der Waals surface area contributed by atoms with E-state index in [0.717, 1.165) is 0 Å². The fourth-order valence-corrected chi connectivity index (χ4v) is 1.30. The van der Waals surface area contributed by atoms with Gasteiger partial charge in [0.05, 0.1) is 5.56 Å². The van der Waals surface area contributed by atoms with Crippen molar-refractivity contribution in [1.29, 1.82) is 0 Å². The van der Waals surface area contributed by atoms with E-state index in [-0.39, 0.29) is 11.7 Å². The molecule has 1 aromatic rings. The zero-order valence-electron chi connectivity index (χ0n) is 9.73. The lowest BCUT2D eigenvalue weighted by atomic mass is 10.2. The number of para-hydroxylation sites is 1. The third kappa shape index (κ3) is 4.24. The summed E-state index contributed by atoms with van der Waals surface area (Å²) < 4.78 is 4.95. The molecule has 0 saturated heterocycles. The van der Waals surface area contributed by atoms with Crippen LogP contribution in [0.15, 0.2) is 24.3 Å². The maximum Gasteiger partial charge on any atom is 0.308 e. The summed E-state index contributed by atoms with van der Waals surface area (Å²) in [6.45, 7) is 2.32. The van der Waals surface area contributed by atoms with Crippen molar-refractivity contribution in [2.24, 2.45) is 5.73 Å². The van der Waals surface area contributed by atoms with E-state index < -0.39 is 5.97 Å². The van der Waals surface area contributed by atoms with Crippen LogP contribution in [0, 0.1) is 0 Å². The average Bonchev–Trinajstić information content (AvgIpc) is 2.29. The number of nitrogens with one attached hydrogen (secondary N) is 1. The Kier molecular flexibility index (Phi) is 5.16. The number of benzene rings is 1. The molecule has 1 rings (SSSR count). The Balaban J connectivity index is 2.74. The molecule has 0 radical (unpaired) electrons. The predicted molar refractivity (Wildman–Crippen MR) is 63.8 cm³/mol. The molecular formula is C12H16N2O3. The molecule has 0 aliphatic heterocycles. The molecule has 0 atom stereocenters. The third-order valence-electron chi connectivity index (χ3n) is 2.05. The minimum Gasteiger partial charge on any atom is -0.426 e. The summed E-state index contributed by atoms with van der Waals surface area (Å²) in [7, 11) is 0. The van der Waals surface area contributed by atoms with Crippen LogP contribution in [0.2, 0.25) is 0 Å². The highest BCUT2D eigenvalue weighted by Crippen LogP contribution is 2.17. The smallest absolute Gasteiger partial charge is 0.308 e. The van der Waals surface area contributed by atoms with Gasteiger partial charge in [-0.05, 0) is 25.1 Å². The van der Waals surface area contributed by atoms with Crippen LogP contribution < -0.4 is 15.8 Å². The first-order chi connectivity index (χ1) is 8.15. The molecule has 0 unspecified atom stereocenters. The van der Waals surface area contributed by atoms with Gasteiger partial charge in [0.15, 0.2) is 0 Å². The van der Waals surface area contributed by atoms with Crippen molar-refractivity contribution in [1.82, 2.24) is 5.32 Å². The SMILES string of the molecule is CC(=O)Oc1ccccc1C(=O)NCCCN. The van der Waals surface area contributed by atoms with Crippen LogP contribution >= 0.6 is 0 Å². The van der Waals surface area contributed by atoms with Crippen molar-refractivity contribution in [3.8, 4) is 5.75 Å². The fraction of sp³-hybridized carbons (Fsp3) is 0.333. The van der Waals surface area contributed by atoms with E-state index in [4.69, 9.17) is 10.5 Å². The van der Waals surface area contributed by atoms with Crippen LogP contribution in [-0.2, 0) is 4.79 Å². The monoisotopic (exact) mass is 236 g/mol. The summed E-state index contributed by atoms with van der Waals surface area (Å²) in [5, 5.41) is 2.70. The molecule has 0 heterocycles. The summed E-state index contributed by atoms with van der Waals surface area (Å²) in [6.07, 6.45) is 0.710. The van der Waals surface area contributed by atoms with Crippen LogP contribution in [0.4, 0.5) is 0 Å². The lowest BCUT2D eigenvalue weighted by Gasteiger charge is -2.08. The van der Waals surface area contributed by atoms with Gasteiger partial charge in [0.2, 0.25) is 0 Å². The maximum absolute atomic E-state index is 11.8. The molecule has 3 N–H and O–H groups in total. The van der Waals surface area contributed by atoms with E-state index in [9.17, 15) is 9.59 Å². The zero-order chi connectivity index (χ0) is 12.7. The Morgan fingerprint density at radius 3 is 2.71 bits per heavy atom. The van der Waals surface area contributed by atoms with Crippen molar-refractivity contribution in [3.05, 3.63) is 29.8 Å². The van der Waals surface area contributed by atoms with Gasteiger partial charge in [-0.2, -0.15) is 0 Å². The number of rotatable bonds is 5. The van der Waals surface area contributed by atoms with Gasteiger partial charge in [-0.15, -0.1) is 0 Å². The Morgan fingerprint density at radius 2 is 2.06 bits per heavy atom. The van der Waals surface area contributed by atoms with Crippen LogP contribution in [-0.4, -0.2) is 25.0 Å². The lowest BCUT2D eigenvalue weighted by molar-refractivity contribution is -0.131. The number of ether oxygens (including phenoxy) is 1. The molecule has 92 valence electrons. The van der Waals surface area contributed by atoms with Crippen molar-refractivity contribution in [2.45, 2.75) is 13.3 Å². The molecule has 0 saturated carbocycles. The topological polar surface area (TPSA) is 81.4 Å². The van der Waals surface area contributed by atoms with Gasteiger partial charge in [0, 0.05) is 13.5 Å². The molecule has 0 aromatic heterocycles. The number of hydrogen-bond acceptors (Lipinski definition) is 4. The number of carbonyl (C=O) groups is 2. The number of esters is 1. The van der Waals surface area contributed by atoms with Gasteiger partial charge in [0.25, 0.3) is 5.91 Å². The molecule has 5 heteroatoms. The first kappa shape index (κ1) is 13.2. The normalized spacial score (nSPS) is 9.76. The van der Waals surface area contributed by atoms with Gasteiger partial charge in [-0.1, -0.05) is 12.1 Å². The summed E-state index contributed by atoms with van der Waals surface area (Å²) >= 11 is 0. The van der Waals surface area contributed by atoms with Gasteiger partial charge >= 0.3 is 5.97 Å². The van der Waals surface area contributed by atoms with Crippen molar-refractivity contribution >= 4 is 11.9 Å². The van der Waals surface area contributed by atoms with Gasteiger partial charge < -0.3 is 15.8 Å². The fourth-order valence-electron chi connectivity index (χ4n) is 1.30. The summed E-state index contributed by atoms with van der Waals surface area (Å²) in [4.78, 5) is 22.7. The first-order valence-electron chi connectivity index (χ1n) is 5.41. The molecule has 17 heavy (non-hydrogen) atoms. The molecule has 5 nitrogen and oxygen atoms in total. The molecular weight excluding hydrogens is 220 g/mol. The van der Waals surface area contributed by atoms with Gasteiger partial charge in [-0.25, -0.2) is 0 Å².